The molecule has 0 aliphatic heterocycles. The van der Waals surface area contributed by atoms with Crippen molar-refractivity contribution in [2.75, 3.05) is 18.0 Å². The van der Waals surface area contributed by atoms with E-state index >= 15 is 0 Å². The quantitative estimate of drug-likeness (QED) is 0.405. The van der Waals surface area contributed by atoms with Crippen LogP contribution in [0.1, 0.15) is 26.3 Å². The lowest BCUT2D eigenvalue weighted by Crippen LogP contribution is -2.25. The van der Waals surface area contributed by atoms with Crippen LogP contribution in [0.15, 0.2) is 58.1 Å². The lowest BCUT2D eigenvalue weighted by atomic mass is 9.99. The van der Waals surface area contributed by atoms with Crippen molar-refractivity contribution in [3.8, 4) is 0 Å². The topological polar surface area (TPSA) is 69.0 Å². The molecule has 2 N–H and O–H groups in total. The van der Waals surface area contributed by atoms with Crippen LogP contribution >= 0.6 is 0 Å². The predicted molar refractivity (Wildman–Crippen MR) is 131 cm³/mol. The molecule has 5 rings (SSSR count). The Balaban J connectivity index is 2.09. The Kier molecular flexibility index (Phi) is 4.54. The van der Waals surface area contributed by atoms with Gasteiger partial charge in [-0.3, -0.25) is 9.59 Å². The van der Waals surface area contributed by atoms with Gasteiger partial charge >= 0.3 is 0 Å². The number of para-hydroxylation sites is 1. The molecule has 3 aromatic carbocycles. The average Bonchev–Trinajstić information content (AvgIpc) is 2.80. The first-order chi connectivity index (χ1) is 15.1. The van der Waals surface area contributed by atoms with Crippen LogP contribution in [0.4, 0.5) is 5.69 Å². The predicted octanol–water partition coefficient (Wildman–Crippen LogP) is 5.08. The summed E-state index contributed by atoms with van der Waals surface area (Å²) in [6.45, 7) is 7.65. The number of nitrogens with one attached hydrogen (secondary N) is 2. The maximum atomic E-state index is 13.7. The maximum absolute atomic E-state index is 13.7. The number of anilines is 1. The van der Waals surface area contributed by atoms with Crippen molar-refractivity contribution in [1.29, 1.82) is 0 Å². The molecule has 5 aromatic rings. The molecule has 0 spiro atoms. The first-order valence-electron chi connectivity index (χ1n) is 10.9. The van der Waals surface area contributed by atoms with Crippen LogP contribution in [0.2, 0.25) is 0 Å². The Morgan fingerprint density at radius 2 is 1.45 bits per heavy atom. The number of pyridine rings is 2. The molecule has 0 aliphatic carbocycles. The number of aromatic nitrogens is 2. The van der Waals surface area contributed by atoms with Crippen LogP contribution in [0.5, 0.6) is 0 Å². The van der Waals surface area contributed by atoms with Crippen molar-refractivity contribution >= 4 is 49.3 Å². The van der Waals surface area contributed by atoms with E-state index in [1.807, 2.05) is 48.5 Å². The Morgan fingerprint density at radius 1 is 0.742 bits per heavy atom. The van der Waals surface area contributed by atoms with Gasteiger partial charge in [0.15, 0.2) is 10.9 Å². The zero-order valence-electron chi connectivity index (χ0n) is 18.0. The molecule has 5 heteroatoms. The number of rotatable bonds is 4. The van der Waals surface area contributed by atoms with Gasteiger partial charge in [-0.15, -0.1) is 0 Å². The molecule has 0 bridgehead atoms. The number of aromatic amines is 2. The van der Waals surface area contributed by atoms with Gasteiger partial charge in [-0.05, 0) is 50.1 Å². The first-order valence-corrected chi connectivity index (χ1v) is 10.9. The monoisotopic (exact) mass is 411 g/mol. The molecule has 0 amide bonds. The van der Waals surface area contributed by atoms with E-state index < -0.39 is 0 Å². The summed E-state index contributed by atoms with van der Waals surface area (Å²) in [5.74, 6) is 0. The standard InChI is InChI=1S/C26H25N3O2/c1-4-15-10-9-13-19-21(15)26(31)17-14-20-22(24(23(17)28-19)29(5-2)6-3)25(30)16-11-7-8-12-18(16)27-20/h7-14H,4-6H2,1-3H3,(H,27,30)(H,28,31). The number of aryl methyl sites for hydroxylation is 1. The van der Waals surface area contributed by atoms with Crippen molar-refractivity contribution in [3.05, 3.63) is 74.5 Å². The molecule has 2 aromatic heterocycles. The molecule has 2 heterocycles. The third kappa shape index (κ3) is 2.76. The molecular formula is C26H25N3O2. The summed E-state index contributed by atoms with van der Waals surface area (Å²) in [7, 11) is 0. The second kappa shape index (κ2) is 7.27. The van der Waals surface area contributed by atoms with Crippen molar-refractivity contribution in [1.82, 2.24) is 9.97 Å². The Hall–Kier alpha value is -3.60. The molecule has 0 radical (unpaired) electrons. The largest absolute Gasteiger partial charge is 0.370 e. The van der Waals surface area contributed by atoms with Crippen LogP contribution < -0.4 is 15.8 Å². The van der Waals surface area contributed by atoms with Gasteiger partial charge in [0.05, 0.1) is 33.0 Å². The van der Waals surface area contributed by atoms with Gasteiger partial charge in [-0.2, -0.15) is 0 Å². The maximum Gasteiger partial charge on any atom is 0.199 e. The summed E-state index contributed by atoms with van der Waals surface area (Å²) in [6, 6.07) is 15.3. The van der Waals surface area contributed by atoms with E-state index in [-0.39, 0.29) is 10.9 Å². The third-order valence-corrected chi connectivity index (χ3v) is 6.31. The molecule has 5 nitrogen and oxygen atoms in total. The van der Waals surface area contributed by atoms with Crippen LogP contribution in [-0.2, 0) is 6.42 Å². The van der Waals surface area contributed by atoms with Gasteiger partial charge < -0.3 is 14.9 Å². The van der Waals surface area contributed by atoms with Crippen molar-refractivity contribution in [3.63, 3.8) is 0 Å². The fraction of sp³-hybridized carbons (Fsp3) is 0.231. The van der Waals surface area contributed by atoms with Crippen molar-refractivity contribution in [2.45, 2.75) is 27.2 Å². The molecule has 156 valence electrons. The highest BCUT2D eigenvalue weighted by molar-refractivity contribution is 6.13. The minimum Gasteiger partial charge on any atom is -0.370 e. The summed E-state index contributed by atoms with van der Waals surface area (Å²) in [6.07, 6.45) is 0.782. The van der Waals surface area contributed by atoms with E-state index in [9.17, 15) is 9.59 Å². The zero-order chi connectivity index (χ0) is 21.7. The van der Waals surface area contributed by atoms with Crippen LogP contribution in [0, 0.1) is 0 Å². The average molecular weight is 412 g/mol. The highest BCUT2D eigenvalue weighted by Gasteiger charge is 2.20. The summed E-state index contributed by atoms with van der Waals surface area (Å²) >= 11 is 0. The van der Waals surface area contributed by atoms with Crippen LogP contribution in [0.25, 0.3) is 43.6 Å². The number of hydrogen-bond donors (Lipinski definition) is 2. The summed E-state index contributed by atoms with van der Waals surface area (Å²) in [4.78, 5) is 36.4. The molecular weight excluding hydrogens is 386 g/mol. The molecule has 0 fully saturated rings. The summed E-state index contributed by atoms with van der Waals surface area (Å²) in [5.41, 5.74) is 4.81. The van der Waals surface area contributed by atoms with Gasteiger partial charge in [0.2, 0.25) is 0 Å². The van der Waals surface area contributed by atoms with Gasteiger partial charge in [-0.25, -0.2) is 0 Å². The van der Waals surface area contributed by atoms with Gasteiger partial charge in [-0.1, -0.05) is 31.2 Å². The SMILES string of the molecule is CCc1cccc2[nH]c3c(N(CC)CC)c4c(=O)c5ccccc5[nH]c4cc3c(=O)c12. The Morgan fingerprint density at radius 3 is 2.19 bits per heavy atom. The molecule has 0 saturated carbocycles. The third-order valence-electron chi connectivity index (χ3n) is 6.31. The van der Waals surface area contributed by atoms with E-state index in [2.05, 4.69) is 35.6 Å². The highest BCUT2D eigenvalue weighted by Crippen LogP contribution is 2.33. The first kappa shape index (κ1) is 19.4. The highest BCUT2D eigenvalue weighted by atomic mass is 16.1. The summed E-state index contributed by atoms with van der Waals surface area (Å²) in [5, 5.41) is 2.61. The fourth-order valence-electron chi connectivity index (χ4n) is 4.77. The van der Waals surface area contributed by atoms with Crippen LogP contribution in [-0.4, -0.2) is 23.1 Å². The Labute approximate surface area is 179 Å². The van der Waals surface area contributed by atoms with Crippen molar-refractivity contribution < 1.29 is 0 Å². The smallest absolute Gasteiger partial charge is 0.199 e. The molecule has 0 aliphatic rings. The van der Waals surface area contributed by atoms with E-state index in [0.717, 1.165) is 52.7 Å². The minimum absolute atomic E-state index is 0.00511. The second-order valence-corrected chi connectivity index (χ2v) is 7.89. The normalized spacial score (nSPS) is 11.7. The zero-order valence-corrected chi connectivity index (χ0v) is 18.0. The summed E-state index contributed by atoms with van der Waals surface area (Å²) < 4.78 is 0. The number of nitrogens with zero attached hydrogens (tertiary/aromatic N) is 1. The van der Waals surface area contributed by atoms with E-state index in [1.165, 1.54) is 0 Å². The molecule has 0 saturated heterocycles. The van der Waals surface area contributed by atoms with Crippen LogP contribution in [0.3, 0.4) is 0 Å². The van der Waals surface area contributed by atoms with Gasteiger partial charge in [0, 0.05) is 29.4 Å². The number of fused-ring (bicyclic) bond motifs is 4. The van der Waals surface area contributed by atoms with E-state index in [4.69, 9.17) is 0 Å². The van der Waals surface area contributed by atoms with E-state index in [1.54, 1.807) is 0 Å². The molecule has 0 unspecified atom stereocenters. The second-order valence-electron chi connectivity index (χ2n) is 7.89. The lowest BCUT2D eigenvalue weighted by molar-refractivity contribution is 0.873. The fourth-order valence-corrected chi connectivity index (χ4v) is 4.77. The number of H-pyrrole nitrogens is 2. The van der Waals surface area contributed by atoms with E-state index in [0.29, 0.717) is 21.7 Å². The number of benzene rings is 3. The minimum atomic E-state index is -0.0172. The van der Waals surface area contributed by atoms with Gasteiger partial charge in [0.1, 0.15) is 0 Å². The molecule has 0 atom stereocenters. The number of hydrogen-bond acceptors (Lipinski definition) is 3. The Bertz CT molecular complexity index is 1590. The van der Waals surface area contributed by atoms with Crippen molar-refractivity contribution in [2.24, 2.45) is 0 Å². The van der Waals surface area contributed by atoms with Gasteiger partial charge in [0.25, 0.3) is 0 Å². The lowest BCUT2D eigenvalue weighted by Gasteiger charge is -2.25. The molecule has 31 heavy (non-hydrogen) atoms.